The molecular weight excluding hydrogens is 319 g/mol. The molecular formula is C21H35FO3. The Labute approximate surface area is 152 Å². The van der Waals surface area contributed by atoms with Crippen LogP contribution in [0.2, 0.25) is 0 Å². The van der Waals surface area contributed by atoms with Crippen molar-refractivity contribution in [2.75, 3.05) is 13.2 Å². The summed E-state index contributed by atoms with van der Waals surface area (Å²) in [6.07, 6.45) is 10.5. The smallest absolute Gasteiger partial charge is 0.165 e. The van der Waals surface area contributed by atoms with Gasteiger partial charge in [-0.25, -0.2) is 4.39 Å². The Bertz CT molecular complexity index is 469. The molecule has 0 saturated carbocycles. The minimum atomic E-state index is -0.433. The summed E-state index contributed by atoms with van der Waals surface area (Å²) < 4.78 is 25.1. The molecule has 0 fully saturated rings. The lowest BCUT2D eigenvalue weighted by atomic mass is 10.1. The summed E-state index contributed by atoms with van der Waals surface area (Å²) in [5.74, 6) is 0.539. The fourth-order valence-electron chi connectivity index (χ4n) is 2.62. The van der Waals surface area contributed by atoms with Crippen LogP contribution in [0, 0.1) is 5.82 Å². The monoisotopic (exact) mass is 354 g/mol. The Kier molecular flexibility index (Phi) is 10.6. The van der Waals surface area contributed by atoms with Gasteiger partial charge in [0.05, 0.1) is 6.61 Å². The maximum Gasteiger partial charge on any atom is 0.165 e. The Morgan fingerprint density at radius 1 is 0.880 bits per heavy atom. The van der Waals surface area contributed by atoms with Gasteiger partial charge in [0.1, 0.15) is 11.4 Å². The summed E-state index contributed by atoms with van der Waals surface area (Å²) in [6.45, 7) is 6.65. The molecule has 0 amide bonds. The summed E-state index contributed by atoms with van der Waals surface area (Å²) in [4.78, 5) is 0. The van der Waals surface area contributed by atoms with Gasteiger partial charge in [-0.2, -0.15) is 0 Å². The van der Waals surface area contributed by atoms with Crippen molar-refractivity contribution in [3.8, 4) is 11.5 Å². The molecule has 144 valence electrons. The number of rotatable bonds is 13. The Hall–Kier alpha value is -1.29. The van der Waals surface area contributed by atoms with E-state index in [1.165, 1.54) is 38.2 Å². The van der Waals surface area contributed by atoms with E-state index in [-0.39, 0.29) is 11.6 Å². The molecule has 0 aliphatic carbocycles. The van der Waals surface area contributed by atoms with Crippen LogP contribution in [0.4, 0.5) is 4.39 Å². The summed E-state index contributed by atoms with van der Waals surface area (Å²) in [5, 5.41) is 8.71. The van der Waals surface area contributed by atoms with Crippen LogP contribution in [0.1, 0.15) is 78.6 Å². The third-order valence-corrected chi connectivity index (χ3v) is 3.89. The molecule has 25 heavy (non-hydrogen) atoms. The van der Waals surface area contributed by atoms with Crippen molar-refractivity contribution in [1.82, 2.24) is 0 Å². The third-order valence-electron chi connectivity index (χ3n) is 3.89. The Morgan fingerprint density at radius 2 is 1.44 bits per heavy atom. The van der Waals surface area contributed by atoms with Crippen molar-refractivity contribution in [2.24, 2.45) is 0 Å². The molecule has 4 heteroatoms. The summed E-state index contributed by atoms with van der Waals surface area (Å²) in [5.41, 5.74) is -0.433. The molecule has 1 N–H and O–H groups in total. The number of unbranched alkanes of at least 4 members (excludes halogenated alkanes) is 8. The second kappa shape index (κ2) is 12.1. The lowest BCUT2D eigenvalue weighted by Gasteiger charge is -2.22. The number of hydrogen-bond donors (Lipinski definition) is 1. The quantitative estimate of drug-likeness (QED) is 0.449. The molecule has 0 bridgehead atoms. The molecule has 0 heterocycles. The van der Waals surface area contributed by atoms with E-state index in [0.717, 1.165) is 25.7 Å². The molecule has 0 aliphatic heterocycles. The van der Waals surface area contributed by atoms with E-state index in [0.29, 0.717) is 19.0 Å². The highest BCUT2D eigenvalue weighted by Gasteiger charge is 2.15. The van der Waals surface area contributed by atoms with E-state index < -0.39 is 5.60 Å². The topological polar surface area (TPSA) is 38.7 Å². The normalized spacial score (nSPS) is 11.6. The van der Waals surface area contributed by atoms with Crippen LogP contribution in [-0.4, -0.2) is 23.9 Å². The second-order valence-electron chi connectivity index (χ2n) is 7.56. The van der Waals surface area contributed by atoms with Crippen LogP contribution in [-0.2, 0) is 0 Å². The average molecular weight is 355 g/mol. The standard InChI is InChI=1S/C21H35FO3/c1-21(2,3)25-20-17-18(13-14-19(20)22)24-16-12-10-8-6-4-5-7-9-11-15-23/h13-14,17,23H,4-12,15-16H2,1-3H3. The van der Waals surface area contributed by atoms with Crippen molar-refractivity contribution < 1.29 is 19.0 Å². The van der Waals surface area contributed by atoms with Gasteiger partial charge >= 0.3 is 0 Å². The van der Waals surface area contributed by atoms with Crippen LogP contribution in [0.5, 0.6) is 11.5 Å². The highest BCUT2D eigenvalue weighted by atomic mass is 19.1. The number of ether oxygens (including phenoxy) is 2. The predicted octanol–water partition coefficient (Wildman–Crippen LogP) is 5.89. The third kappa shape index (κ3) is 11.0. The van der Waals surface area contributed by atoms with Gasteiger partial charge in [-0.15, -0.1) is 0 Å². The van der Waals surface area contributed by atoms with Crippen molar-refractivity contribution in [2.45, 2.75) is 84.2 Å². The zero-order valence-corrected chi connectivity index (χ0v) is 16.2. The number of benzene rings is 1. The molecule has 1 rings (SSSR count). The predicted molar refractivity (Wildman–Crippen MR) is 101 cm³/mol. The van der Waals surface area contributed by atoms with E-state index in [1.54, 1.807) is 12.1 Å². The lowest BCUT2D eigenvalue weighted by Crippen LogP contribution is -2.23. The largest absolute Gasteiger partial charge is 0.493 e. The first-order valence-corrected chi connectivity index (χ1v) is 9.64. The van der Waals surface area contributed by atoms with Crippen LogP contribution < -0.4 is 9.47 Å². The van der Waals surface area contributed by atoms with Crippen LogP contribution in [0.15, 0.2) is 18.2 Å². The number of hydrogen-bond acceptors (Lipinski definition) is 3. The molecule has 1 aromatic carbocycles. The van der Waals surface area contributed by atoms with Crippen LogP contribution in [0.3, 0.4) is 0 Å². The molecule has 0 unspecified atom stereocenters. The zero-order valence-electron chi connectivity index (χ0n) is 16.2. The van der Waals surface area contributed by atoms with E-state index in [1.807, 2.05) is 20.8 Å². The first-order chi connectivity index (χ1) is 11.9. The molecule has 0 spiro atoms. The Balaban J connectivity index is 2.13. The molecule has 0 atom stereocenters. The van der Waals surface area contributed by atoms with Gasteiger partial charge in [0.15, 0.2) is 11.6 Å². The van der Waals surface area contributed by atoms with Gasteiger partial charge in [0.2, 0.25) is 0 Å². The summed E-state index contributed by atoms with van der Waals surface area (Å²) in [7, 11) is 0. The van der Waals surface area contributed by atoms with Crippen molar-refractivity contribution in [1.29, 1.82) is 0 Å². The van der Waals surface area contributed by atoms with E-state index >= 15 is 0 Å². The highest BCUT2D eigenvalue weighted by Crippen LogP contribution is 2.27. The minimum Gasteiger partial charge on any atom is -0.493 e. The highest BCUT2D eigenvalue weighted by molar-refractivity contribution is 5.34. The van der Waals surface area contributed by atoms with Crippen LogP contribution >= 0.6 is 0 Å². The summed E-state index contributed by atoms with van der Waals surface area (Å²) in [6, 6.07) is 4.68. The maximum absolute atomic E-state index is 13.8. The number of halogens is 1. The molecule has 0 radical (unpaired) electrons. The minimum absolute atomic E-state index is 0.242. The lowest BCUT2D eigenvalue weighted by molar-refractivity contribution is 0.123. The molecule has 0 saturated heterocycles. The SMILES string of the molecule is CC(C)(C)Oc1cc(OCCCCCCCCCCCO)ccc1F. The zero-order chi connectivity index (χ0) is 18.5. The number of aliphatic hydroxyl groups is 1. The molecule has 0 aromatic heterocycles. The van der Waals surface area contributed by atoms with Gasteiger partial charge in [0, 0.05) is 12.7 Å². The molecule has 1 aromatic rings. The van der Waals surface area contributed by atoms with Gasteiger partial charge in [-0.3, -0.25) is 0 Å². The van der Waals surface area contributed by atoms with Crippen LogP contribution in [0.25, 0.3) is 0 Å². The van der Waals surface area contributed by atoms with Gasteiger partial charge < -0.3 is 14.6 Å². The van der Waals surface area contributed by atoms with Crippen molar-refractivity contribution >= 4 is 0 Å². The molecule has 0 aliphatic rings. The first kappa shape index (κ1) is 21.8. The van der Waals surface area contributed by atoms with E-state index in [4.69, 9.17) is 14.6 Å². The van der Waals surface area contributed by atoms with Gasteiger partial charge in [-0.05, 0) is 45.7 Å². The fraction of sp³-hybridized carbons (Fsp3) is 0.714. The first-order valence-electron chi connectivity index (χ1n) is 9.64. The number of aliphatic hydroxyl groups excluding tert-OH is 1. The summed E-state index contributed by atoms with van der Waals surface area (Å²) >= 11 is 0. The average Bonchev–Trinajstić information content (AvgIpc) is 2.54. The Morgan fingerprint density at radius 3 is 2.00 bits per heavy atom. The fourth-order valence-corrected chi connectivity index (χ4v) is 2.62. The van der Waals surface area contributed by atoms with E-state index in [2.05, 4.69) is 0 Å². The van der Waals surface area contributed by atoms with Gasteiger partial charge in [-0.1, -0.05) is 44.9 Å². The van der Waals surface area contributed by atoms with Gasteiger partial charge in [0.25, 0.3) is 0 Å². The van der Waals surface area contributed by atoms with E-state index in [9.17, 15) is 4.39 Å². The van der Waals surface area contributed by atoms with Crippen molar-refractivity contribution in [3.05, 3.63) is 24.0 Å². The molecule has 3 nitrogen and oxygen atoms in total. The second-order valence-corrected chi connectivity index (χ2v) is 7.56. The van der Waals surface area contributed by atoms with Crippen molar-refractivity contribution in [3.63, 3.8) is 0 Å². The maximum atomic E-state index is 13.8.